The molecule has 1 aliphatic heterocycles. The molecular formula is C17H22ClN3O4. The van der Waals surface area contributed by atoms with E-state index in [0.29, 0.717) is 17.3 Å². The van der Waals surface area contributed by atoms with E-state index < -0.39 is 24.0 Å². The normalized spacial score (nSPS) is 19.8. The first-order valence-electron chi connectivity index (χ1n) is 8.27. The molecule has 0 spiro atoms. The lowest BCUT2D eigenvalue weighted by molar-refractivity contribution is -0.142. The van der Waals surface area contributed by atoms with Crippen molar-refractivity contribution in [1.82, 2.24) is 10.2 Å². The van der Waals surface area contributed by atoms with Crippen LogP contribution in [0.15, 0.2) is 24.3 Å². The van der Waals surface area contributed by atoms with Crippen LogP contribution in [-0.4, -0.2) is 47.0 Å². The molecule has 25 heavy (non-hydrogen) atoms. The predicted molar refractivity (Wildman–Crippen MR) is 94.6 cm³/mol. The Bertz CT molecular complexity index is 635. The highest BCUT2D eigenvalue weighted by molar-refractivity contribution is 6.30. The van der Waals surface area contributed by atoms with Crippen LogP contribution in [0.1, 0.15) is 26.2 Å². The molecule has 2 rings (SSSR count). The van der Waals surface area contributed by atoms with Crippen LogP contribution in [-0.2, 0) is 9.59 Å². The van der Waals surface area contributed by atoms with Crippen LogP contribution < -0.4 is 10.6 Å². The standard InChI is InChI=1S/C17H22ClN3O4/c1-2-3-4-9-21-10-13(16(23)24)14(15(21)22)20-17(25)19-12-7-5-11(18)6-8-12/h5-8,13-14H,2-4,9-10H2,1H3,(H,23,24)(H2,19,20,25)/t13-,14-/m1/s1. The fraction of sp³-hybridized carbons (Fsp3) is 0.471. The van der Waals surface area contributed by atoms with Crippen LogP contribution in [0.25, 0.3) is 0 Å². The highest BCUT2D eigenvalue weighted by Gasteiger charge is 2.45. The van der Waals surface area contributed by atoms with E-state index >= 15 is 0 Å². The molecule has 136 valence electrons. The molecule has 7 nitrogen and oxygen atoms in total. The number of carbonyl (C=O) groups is 3. The van der Waals surface area contributed by atoms with Crippen molar-refractivity contribution >= 4 is 35.2 Å². The van der Waals surface area contributed by atoms with Crippen LogP contribution >= 0.6 is 11.6 Å². The van der Waals surface area contributed by atoms with Crippen LogP contribution in [0.5, 0.6) is 0 Å². The lowest BCUT2D eigenvalue weighted by Crippen LogP contribution is -2.47. The zero-order valence-electron chi connectivity index (χ0n) is 14.0. The Hall–Kier alpha value is -2.28. The number of likely N-dealkylation sites (tertiary alicyclic amines) is 1. The van der Waals surface area contributed by atoms with E-state index in [1.165, 1.54) is 4.90 Å². The van der Waals surface area contributed by atoms with Gasteiger partial charge in [0.05, 0.1) is 0 Å². The third-order valence-electron chi connectivity index (χ3n) is 4.13. The van der Waals surface area contributed by atoms with E-state index in [2.05, 4.69) is 17.6 Å². The molecule has 8 heteroatoms. The number of aliphatic carboxylic acids is 1. The van der Waals surface area contributed by atoms with Crippen LogP contribution in [0.2, 0.25) is 5.02 Å². The average Bonchev–Trinajstić information content (AvgIpc) is 2.87. The first-order valence-corrected chi connectivity index (χ1v) is 8.65. The summed E-state index contributed by atoms with van der Waals surface area (Å²) < 4.78 is 0. The van der Waals surface area contributed by atoms with Crippen molar-refractivity contribution in [2.75, 3.05) is 18.4 Å². The van der Waals surface area contributed by atoms with Crippen LogP contribution in [0.4, 0.5) is 10.5 Å². The van der Waals surface area contributed by atoms with Crippen molar-refractivity contribution in [2.24, 2.45) is 5.92 Å². The van der Waals surface area contributed by atoms with Gasteiger partial charge in [-0.3, -0.25) is 9.59 Å². The molecular weight excluding hydrogens is 346 g/mol. The molecule has 0 bridgehead atoms. The van der Waals surface area contributed by atoms with Gasteiger partial charge in [0.25, 0.3) is 0 Å². The number of carboxylic acid groups (broad SMARTS) is 1. The van der Waals surface area contributed by atoms with Gasteiger partial charge in [0.1, 0.15) is 12.0 Å². The van der Waals surface area contributed by atoms with Gasteiger partial charge in [-0.2, -0.15) is 0 Å². The van der Waals surface area contributed by atoms with Crippen molar-refractivity contribution in [2.45, 2.75) is 32.2 Å². The Morgan fingerprint density at radius 3 is 2.56 bits per heavy atom. The highest BCUT2D eigenvalue weighted by atomic mass is 35.5. The number of carboxylic acids is 1. The Balaban J connectivity index is 1.99. The fourth-order valence-corrected chi connectivity index (χ4v) is 2.91. The summed E-state index contributed by atoms with van der Waals surface area (Å²) in [5.74, 6) is -2.40. The van der Waals surface area contributed by atoms with Crippen molar-refractivity contribution in [3.63, 3.8) is 0 Å². The van der Waals surface area contributed by atoms with Crippen molar-refractivity contribution < 1.29 is 19.5 Å². The summed E-state index contributed by atoms with van der Waals surface area (Å²) >= 11 is 5.78. The van der Waals surface area contributed by atoms with E-state index in [4.69, 9.17) is 11.6 Å². The second kappa shape index (κ2) is 8.71. The Morgan fingerprint density at radius 2 is 1.96 bits per heavy atom. The van der Waals surface area contributed by atoms with Crippen molar-refractivity contribution in [1.29, 1.82) is 0 Å². The minimum Gasteiger partial charge on any atom is -0.481 e. The van der Waals surface area contributed by atoms with E-state index in [-0.39, 0.29) is 12.5 Å². The number of amides is 3. The lowest BCUT2D eigenvalue weighted by Gasteiger charge is -2.17. The van der Waals surface area contributed by atoms with Gasteiger partial charge in [0.15, 0.2) is 0 Å². The Labute approximate surface area is 151 Å². The molecule has 1 heterocycles. The number of unbranched alkanes of at least 4 members (excludes halogenated alkanes) is 2. The Morgan fingerprint density at radius 1 is 1.28 bits per heavy atom. The molecule has 1 fully saturated rings. The van der Waals surface area contributed by atoms with Gasteiger partial charge in [-0.05, 0) is 30.7 Å². The van der Waals surface area contributed by atoms with E-state index in [1.54, 1.807) is 24.3 Å². The number of hydrogen-bond donors (Lipinski definition) is 3. The van der Waals surface area contributed by atoms with Gasteiger partial charge in [-0.25, -0.2) is 4.79 Å². The molecule has 1 aliphatic rings. The molecule has 1 saturated heterocycles. The fourth-order valence-electron chi connectivity index (χ4n) is 2.78. The third-order valence-corrected chi connectivity index (χ3v) is 4.39. The number of benzene rings is 1. The molecule has 0 aromatic heterocycles. The zero-order chi connectivity index (χ0) is 18.4. The van der Waals surface area contributed by atoms with Gasteiger partial charge in [0.2, 0.25) is 5.91 Å². The van der Waals surface area contributed by atoms with Gasteiger partial charge < -0.3 is 20.6 Å². The third kappa shape index (κ3) is 5.09. The van der Waals surface area contributed by atoms with Gasteiger partial charge in [0, 0.05) is 23.8 Å². The number of carbonyl (C=O) groups excluding carboxylic acids is 2. The van der Waals surface area contributed by atoms with Crippen molar-refractivity contribution in [3.05, 3.63) is 29.3 Å². The first kappa shape index (κ1) is 19.1. The monoisotopic (exact) mass is 367 g/mol. The lowest BCUT2D eigenvalue weighted by atomic mass is 10.0. The maximum atomic E-state index is 12.4. The van der Waals surface area contributed by atoms with E-state index in [9.17, 15) is 19.5 Å². The topological polar surface area (TPSA) is 98.7 Å². The zero-order valence-corrected chi connectivity index (χ0v) is 14.8. The maximum Gasteiger partial charge on any atom is 0.319 e. The first-order chi connectivity index (χ1) is 11.9. The summed E-state index contributed by atoms with van der Waals surface area (Å²) in [7, 11) is 0. The number of hydrogen-bond acceptors (Lipinski definition) is 3. The Kier molecular flexibility index (Phi) is 6.64. The average molecular weight is 368 g/mol. The number of nitrogens with one attached hydrogen (secondary N) is 2. The molecule has 0 saturated carbocycles. The number of anilines is 1. The largest absolute Gasteiger partial charge is 0.481 e. The SMILES string of the molecule is CCCCCN1C[C@@H](C(=O)O)[C@@H](NC(=O)Nc2ccc(Cl)cc2)C1=O. The highest BCUT2D eigenvalue weighted by Crippen LogP contribution is 2.20. The van der Waals surface area contributed by atoms with Crippen molar-refractivity contribution in [3.8, 4) is 0 Å². The number of rotatable bonds is 7. The number of urea groups is 1. The second-order valence-electron chi connectivity index (χ2n) is 6.02. The summed E-state index contributed by atoms with van der Waals surface area (Å²) in [6, 6.07) is 4.78. The minimum absolute atomic E-state index is 0.115. The molecule has 0 aliphatic carbocycles. The molecule has 0 radical (unpaired) electrons. The summed E-state index contributed by atoms with van der Waals surface area (Å²) in [6.45, 7) is 2.68. The smallest absolute Gasteiger partial charge is 0.319 e. The van der Waals surface area contributed by atoms with Gasteiger partial charge in [-0.1, -0.05) is 31.4 Å². The van der Waals surface area contributed by atoms with Gasteiger partial charge >= 0.3 is 12.0 Å². The maximum absolute atomic E-state index is 12.4. The second-order valence-corrected chi connectivity index (χ2v) is 6.46. The predicted octanol–water partition coefficient (Wildman–Crippen LogP) is 2.56. The summed E-state index contributed by atoms with van der Waals surface area (Å²) in [5, 5.41) is 15.0. The molecule has 3 N–H and O–H groups in total. The molecule has 2 atom stereocenters. The van der Waals surface area contributed by atoms with Crippen LogP contribution in [0.3, 0.4) is 0 Å². The molecule has 1 aromatic rings. The quantitative estimate of drug-likeness (QED) is 0.645. The van der Waals surface area contributed by atoms with E-state index in [1.807, 2.05) is 0 Å². The van der Waals surface area contributed by atoms with Crippen LogP contribution in [0, 0.1) is 5.92 Å². The number of nitrogens with zero attached hydrogens (tertiary/aromatic N) is 1. The molecule has 0 unspecified atom stereocenters. The summed E-state index contributed by atoms with van der Waals surface area (Å²) in [4.78, 5) is 37.5. The number of halogens is 1. The summed E-state index contributed by atoms with van der Waals surface area (Å²) in [6.07, 6.45) is 2.80. The molecule has 1 aromatic carbocycles. The van der Waals surface area contributed by atoms with E-state index in [0.717, 1.165) is 19.3 Å². The molecule has 3 amide bonds. The summed E-state index contributed by atoms with van der Waals surface area (Å²) in [5.41, 5.74) is 0.499. The minimum atomic E-state index is -1.09. The van der Waals surface area contributed by atoms with Gasteiger partial charge in [-0.15, -0.1) is 0 Å².